The van der Waals surface area contributed by atoms with Crippen LogP contribution in [0.5, 0.6) is 11.5 Å². The van der Waals surface area contributed by atoms with Crippen molar-refractivity contribution in [3.8, 4) is 11.5 Å². The molecule has 0 heterocycles. The molecule has 0 bridgehead atoms. The van der Waals surface area contributed by atoms with E-state index < -0.39 is 0 Å². The largest absolute Gasteiger partial charge is 0.493 e. The van der Waals surface area contributed by atoms with Crippen LogP contribution in [0.1, 0.15) is 25.0 Å². The topological polar surface area (TPSA) is 38.8 Å². The molecule has 0 atom stereocenters. The van der Waals surface area contributed by atoms with E-state index in [1.165, 1.54) is 0 Å². The van der Waals surface area contributed by atoms with Crippen molar-refractivity contribution < 1.29 is 14.3 Å². The molecular weight excluding hydrogens is 370 g/mol. The zero-order valence-electron chi connectivity index (χ0n) is 17.1. The van der Waals surface area contributed by atoms with Gasteiger partial charge in [0, 0.05) is 12.7 Å². The summed E-state index contributed by atoms with van der Waals surface area (Å²) in [6.07, 6.45) is 2.70. The highest BCUT2D eigenvalue weighted by Crippen LogP contribution is 2.28. The minimum Gasteiger partial charge on any atom is -0.493 e. The highest BCUT2D eigenvalue weighted by atomic mass is 32.2. The third-order valence-electron chi connectivity index (χ3n) is 4.42. The molecule has 0 N–H and O–H groups in total. The molecule has 0 aliphatic heterocycles. The lowest BCUT2D eigenvalue weighted by Gasteiger charge is -2.20. The first-order chi connectivity index (χ1) is 13.6. The Morgan fingerprint density at radius 1 is 1.07 bits per heavy atom. The summed E-state index contributed by atoms with van der Waals surface area (Å²) in [6.45, 7) is 4.72. The van der Waals surface area contributed by atoms with Gasteiger partial charge < -0.3 is 14.4 Å². The average molecular weight is 400 g/mol. The third-order valence-corrected chi connectivity index (χ3v) is 5.28. The van der Waals surface area contributed by atoms with Crippen LogP contribution in [0.2, 0.25) is 0 Å². The fraction of sp³-hybridized carbons (Fsp3) is 0.348. The number of thioether (sulfide) groups is 1. The highest BCUT2D eigenvalue weighted by Gasteiger charge is 2.13. The van der Waals surface area contributed by atoms with Gasteiger partial charge in [-0.05, 0) is 47.9 Å². The Kier molecular flexibility index (Phi) is 8.95. The Morgan fingerprint density at radius 3 is 2.43 bits per heavy atom. The Labute approximate surface area is 172 Å². The maximum Gasteiger partial charge on any atom is 0.236 e. The van der Waals surface area contributed by atoms with Gasteiger partial charge in [0.15, 0.2) is 11.5 Å². The van der Waals surface area contributed by atoms with Crippen LogP contribution in [0, 0.1) is 0 Å². The number of carbonyl (C=O) groups is 1. The van der Waals surface area contributed by atoms with Gasteiger partial charge >= 0.3 is 0 Å². The van der Waals surface area contributed by atoms with E-state index in [1.54, 1.807) is 26.0 Å². The predicted molar refractivity (Wildman–Crippen MR) is 118 cm³/mol. The van der Waals surface area contributed by atoms with Gasteiger partial charge in [0.05, 0.1) is 20.0 Å². The van der Waals surface area contributed by atoms with E-state index in [9.17, 15) is 4.79 Å². The van der Waals surface area contributed by atoms with Gasteiger partial charge in [0.1, 0.15) is 0 Å². The lowest BCUT2D eigenvalue weighted by molar-refractivity contribution is -0.125. The van der Waals surface area contributed by atoms with Crippen molar-refractivity contribution >= 4 is 23.2 Å². The third kappa shape index (κ3) is 6.34. The van der Waals surface area contributed by atoms with Crippen molar-refractivity contribution in [3.63, 3.8) is 0 Å². The number of carbonyl (C=O) groups excluding carboxylic acids is 1. The lowest BCUT2D eigenvalue weighted by Crippen LogP contribution is -2.30. The van der Waals surface area contributed by atoms with E-state index in [0.29, 0.717) is 23.8 Å². The van der Waals surface area contributed by atoms with Gasteiger partial charge in [-0.1, -0.05) is 43.3 Å². The zero-order chi connectivity index (χ0) is 20.4. The number of benzene rings is 2. The van der Waals surface area contributed by atoms with Crippen molar-refractivity contribution in [1.82, 2.24) is 4.90 Å². The summed E-state index contributed by atoms with van der Waals surface area (Å²) in [5, 5.41) is 0. The van der Waals surface area contributed by atoms with E-state index in [-0.39, 0.29) is 5.91 Å². The second-order valence-corrected chi connectivity index (χ2v) is 7.62. The maximum absolute atomic E-state index is 12.7. The van der Waals surface area contributed by atoms with Crippen LogP contribution in [0.3, 0.4) is 0 Å². The average Bonchev–Trinajstić information content (AvgIpc) is 2.74. The summed E-state index contributed by atoms with van der Waals surface area (Å²) in [4.78, 5) is 14.6. The number of hydrogen-bond donors (Lipinski definition) is 0. The molecule has 0 aliphatic carbocycles. The smallest absolute Gasteiger partial charge is 0.236 e. The standard InChI is InChI=1S/C23H29NO3S/c1-5-28-17-23(25)24(16-18(2)20-9-7-6-8-10-20)14-13-19-11-12-21(26-3)22(15-19)27-4/h6-12,15-16H,5,13-14,17H2,1-4H3/b18-16+. The molecule has 0 radical (unpaired) electrons. The summed E-state index contributed by atoms with van der Waals surface area (Å²) < 4.78 is 10.7. The minimum atomic E-state index is 0.127. The summed E-state index contributed by atoms with van der Waals surface area (Å²) in [5.74, 6) is 2.95. The molecule has 2 rings (SSSR count). The number of allylic oxidation sites excluding steroid dienone is 1. The Hall–Kier alpha value is -2.40. The van der Waals surface area contributed by atoms with Gasteiger partial charge in [-0.3, -0.25) is 4.79 Å². The zero-order valence-corrected chi connectivity index (χ0v) is 17.9. The van der Waals surface area contributed by atoms with Gasteiger partial charge in [-0.2, -0.15) is 11.8 Å². The van der Waals surface area contributed by atoms with Crippen LogP contribution < -0.4 is 9.47 Å². The molecule has 5 heteroatoms. The first kappa shape index (κ1) is 21.9. The summed E-state index contributed by atoms with van der Waals surface area (Å²) in [6, 6.07) is 16.0. The predicted octanol–water partition coefficient (Wildman–Crippen LogP) is 4.89. The molecule has 150 valence electrons. The number of amides is 1. The summed E-state index contributed by atoms with van der Waals surface area (Å²) >= 11 is 1.64. The number of hydrogen-bond acceptors (Lipinski definition) is 4. The molecule has 1 amide bonds. The Bertz CT molecular complexity index is 790. The first-order valence-corrected chi connectivity index (χ1v) is 10.6. The SMILES string of the molecule is CCSCC(=O)N(/C=C(\C)c1ccccc1)CCc1ccc(OC)c(OC)c1. The monoisotopic (exact) mass is 399 g/mol. The van der Waals surface area contributed by atoms with Crippen LogP contribution in [-0.4, -0.2) is 43.1 Å². The second kappa shape index (κ2) is 11.4. The molecular formula is C23H29NO3S. The maximum atomic E-state index is 12.7. The molecule has 28 heavy (non-hydrogen) atoms. The molecule has 0 spiro atoms. The van der Waals surface area contributed by atoms with Gasteiger partial charge in [-0.15, -0.1) is 0 Å². The second-order valence-electron chi connectivity index (χ2n) is 6.34. The number of nitrogens with zero attached hydrogens (tertiary/aromatic N) is 1. The molecule has 4 nitrogen and oxygen atoms in total. The summed E-state index contributed by atoms with van der Waals surface area (Å²) in [5.41, 5.74) is 3.29. The van der Waals surface area contributed by atoms with Gasteiger partial charge in [0.25, 0.3) is 0 Å². The Morgan fingerprint density at radius 2 is 1.79 bits per heavy atom. The van der Waals surface area contributed by atoms with Crippen LogP contribution in [0.25, 0.3) is 5.57 Å². The van der Waals surface area contributed by atoms with Crippen molar-refractivity contribution in [2.45, 2.75) is 20.3 Å². The van der Waals surface area contributed by atoms with E-state index in [4.69, 9.17) is 9.47 Å². The van der Waals surface area contributed by atoms with Gasteiger partial charge in [-0.25, -0.2) is 0 Å². The molecule has 2 aromatic rings. The molecule has 2 aromatic carbocycles. The lowest BCUT2D eigenvalue weighted by atomic mass is 10.1. The van der Waals surface area contributed by atoms with Crippen LogP contribution >= 0.6 is 11.8 Å². The van der Waals surface area contributed by atoms with E-state index >= 15 is 0 Å². The highest BCUT2D eigenvalue weighted by molar-refractivity contribution is 7.99. The van der Waals surface area contributed by atoms with Crippen LogP contribution in [0.4, 0.5) is 0 Å². The summed E-state index contributed by atoms with van der Waals surface area (Å²) in [7, 11) is 3.26. The molecule has 0 aliphatic rings. The molecule has 0 saturated heterocycles. The van der Waals surface area contributed by atoms with Crippen molar-refractivity contribution in [3.05, 3.63) is 65.9 Å². The van der Waals surface area contributed by atoms with Crippen molar-refractivity contribution in [2.24, 2.45) is 0 Å². The van der Waals surface area contributed by atoms with E-state index in [0.717, 1.165) is 28.9 Å². The minimum absolute atomic E-state index is 0.127. The van der Waals surface area contributed by atoms with Crippen molar-refractivity contribution in [1.29, 1.82) is 0 Å². The number of methoxy groups -OCH3 is 2. The molecule has 0 unspecified atom stereocenters. The fourth-order valence-corrected chi connectivity index (χ4v) is 3.37. The number of rotatable bonds is 10. The van der Waals surface area contributed by atoms with Crippen LogP contribution in [-0.2, 0) is 11.2 Å². The first-order valence-electron chi connectivity index (χ1n) is 9.41. The molecule has 0 saturated carbocycles. The van der Waals surface area contributed by atoms with Gasteiger partial charge in [0.2, 0.25) is 5.91 Å². The van der Waals surface area contributed by atoms with Crippen molar-refractivity contribution in [2.75, 3.05) is 32.3 Å². The normalized spacial score (nSPS) is 11.2. The molecule has 0 aromatic heterocycles. The van der Waals surface area contributed by atoms with Crippen LogP contribution in [0.15, 0.2) is 54.7 Å². The Balaban J connectivity index is 2.17. The fourth-order valence-electron chi connectivity index (χ4n) is 2.83. The van der Waals surface area contributed by atoms with E-state index in [2.05, 4.69) is 19.1 Å². The van der Waals surface area contributed by atoms with E-state index in [1.807, 2.05) is 54.4 Å². The number of ether oxygens (including phenoxy) is 2. The quantitative estimate of drug-likeness (QED) is 0.570. The molecule has 0 fully saturated rings.